The van der Waals surface area contributed by atoms with Crippen molar-refractivity contribution in [3.05, 3.63) is 35.4 Å². The van der Waals surface area contributed by atoms with Crippen molar-refractivity contribution in [2.45, 2.75) is 25.9 Å². The van der Waals surface area contributed by atoms with Gasteiger partial charge in [-0.25, -0.2) is 4.79 Å². The second-order valence-corrected chi connectivity index (χ2v) is 5.69. The molecule has 1 aliphatic rings. The lowest BCUT2D eigenvalue weighted by molar-refractivity contribution is -0.130. The number of nitrogens with one attached hydrogen (secondary N) is 1. The van der Waals surface area contributed by atoms with Crippen LogP contribution < -0.4 is 11.1 Å². The van der Waals surface area contributed by atoms with Gasteiger partial charge in [0.1, 0.15) is 0 Å². The summed E-state index contributed by atoms with van der Waals surface area (Å²) in [6.07, 6.45) is 0.849. The predicted molar refractivity (Wildman–Crippen MR) is 92.5 cm³/mol. The fraction of sp³-hybridized carbons (Fsp3) is 0.500. The lowest BCUT2D eigenvalue weighted by Gasteiger charge is -2.29. The Morgan fingerprint density at radius 2 is 2.00 bits per heavy atom. The van der Waals surface area contributed by atoms with Crippen molar-refractivity contribution in [3.8, 4) is 0 Å². The van der Waals surface area contributed by atoms with Crippen LogP contribution in [-0.2, 0) is 17.8 Å². The molecule has 1 atom stereocenters. The molecule has 3 N–H and O–H groups in total. The average Bonchev–Trinajstić information content (AvgIpc) is 2.57. The van der Waals surface area contributed by atoms with Gasteiger partial charge in [-0.05, 0) is 24.5 Å². The van der Waals surface area contributed by atoms with Crippen molar-refractivity contribution in [2.75, 3.05) is 26.7 Å². The molecule has 3 amide bonds. The van der Waals surface area contributed by atoms with E-state index in [9.17, 15) is 9.59 Å². The van der Waals surface area contributed by atoms with E-state index in [0.717, 1.165) is 6.42 Å². The van der Waals surface area contributed by atoms with Crippen LogP contribution >= 0.6 is 12.4 Å². The van der Waals surface area contributed by atoms with Gasteiger partial charge in [0.2, 0.25) is 5.91 Å². The van der Waals surface area contributed by atoms with Gasteiger partial charge in [0.15, 0.2) is 0 Å². The summed E-state index contributed by atoms with van der Waals surface area (Å²) in [5.41, 5.74) is 8.00. The Labute approximate surface area is 143 Å². The van der Waals surface area contributed by atoms with E-state index >= 15 is 0 Å². The lowest BCUT2D eigenvalue weighted by Crippen LogP contribution is -2.48. The van der Waals surface area contributed by atoms with Gasteiger partial charge < -0.3 is 20.9 Å². The number of carbonyl (C=O) groups excluding carboxylic acids is 2. The molecule has 0 aliphatic carbocycles. The van der Waals surface area contributed by atoms with Crippen LogP contribution in [0.1, 0.15) is 18.1 Å². The van der Waals surface area contributed by atoms with E-state index in [2.05, 4.69) is 11.4 Å². The number of rotatable bonds is 4. The third-order valence-corrected chi connectivity index (χ3v) is 4.20. The van der Waals surface area contributed by atoms with Crippen LogP contribution in [-0.4, -0.2) is 54.5 Å². The second-order valence-electron chi connectivity index (χ2n) is 5.69. The van der Waals surface area contributed by atoms with Crippen molar-refractivity contribution >= 4 is 24.3 Å². The molecular formula is C16H25ClN4O2. The van der Waals surface area contributed by atoms with E-state index in [4.69, 9.17) is 5.73 Å². The number of urea groups is 1. The normalized spacial score (nSPS) is 14.3. The lowest BCUT2D eigenvalue weighted by atomic mass is 10.0. The van der Waals surface area contributed by atoms with Gasteiger partial charge in [0.05, 0.1) is 6.54 Å². The van der Waals surface area contributed by atoms with Crippen LogP contribution in [0.15, 0.2) is 24.3 Å². The van der Waals surface area contributed by atoms with Crippen LogP contribution in [0.2, 0.25) is 0 Å². The van der Waals surface area contributed by atoms with Crippen molar-refractivity contribution < 1.29 is 9.59 Å². The SMILES string of the molecule is CC(CN)N(C)C(=O)CNC(=O)N1CCc2ccccc2C1.Cl. The first kappa shape index (κ1) is 19.3. The quantitative estimate of drug-likeness (QED) is 0.857. The zero-order valence-corrected chi connectivity index (χ0v) is 14.4. The van der Waals surface area contributed by atoms with Crippen LogP contribution in [0.25, 0.3) is 0 Å². The summed E-state index contributed by atoms with van der Waals surface area (Å²) in [6, 6.07) is 7.89. The largest absolute Gasteiger partial charge is 0.340 e. The van der Waals surface area contributed by atoms with Gasteiger partial charge in [-0.2, -0.15) is 0 Å². The van der Waals surface area contributed by atoms with Crippen LogP contribution in [0, 0.1) is 0 Å². The number of halogens is 1. The zero-order chi connectivity index (χ0) is 16.1. The minimum atomic E-state index is -0.198. The van der Waals surface area contributed by atoms with Gasteiger partial charge in [-0.1, -0.05) is 24.3 Å². The standard InChI is InChI=1S/C16H24N4O2.ClH/c1-12(9-17)19(2)15(21)10-18-16(22)20-8-7-13-5-3-4-6-14(13)11-20;/h3-6,12H,7-11,17H2,1-2H3,(H,18,22);1H. The Kier molecular flexibility index (Phi) is 7.32. The molecule has 23 heavy (non-hydrogen) atoms. The number of amides is 3. The van der Waals surface area contributed by atoms with Crippen LogP contribution in [0.5, 0.6) is 0 Å². The van der Waals surface area contributed by atoms with Crippen molar-refractivity contribution in [1.82, 2.24) is 15.1 Å². The molecule has 1 unspecified atom stereocenters. The number of nitrogens with zero attached hydrogens (tertiary/aromatic N) is 2. The number of fused-ring (bicyclic) bond motifs is 1. The highest BCUT2D eigenvalue weighted by atomic mass is 35.5. The second kappa shape index (κ2) is 8.74. The molecule has 2 rings (SSSR count). The van der Waals surface area contributed by atoms with Gasteiger partial charge in [-0.3, -0.25) is 4.79 Å². The van der Waals surface area contributed by atoms with E-state index in [1.54, 1.807) is 16.8 Å². The molecule has 128 valence electrons. The van der Waals surface area contributed by atoms with E-state index in [-0.39, 0.29) is 36.9 Å². The Balaban J connectivity index is 0.00000264. The first-order valence-electron chi connectivity index (χ1n) is 7.58. The number of hydrogen-bond donors (Lipinski definition) is 2. The van der Waals surface area contributed by atoms with Gasteiger partial charge in [-0.15, -0.1) is 12.4 Å². The van der Waals surface area contributed by atoms with E-state index in [0.29, 0.717) is 19.6 Å². The Morgan fingerprint density at radius 1 is 1.35 bits per heavy atom. The fourth-order valence-corrected chi connectivity index (χ4v) is 2.46. The summed E-state index contributed by atoms with van der Waals surface area (Å²) in [5, 5.41) is 2.70. The highest BCUT2D eigenvalue weighted by Gasteiger charge is 2.21. The predicted octanol–water partition coefficient (Wildman–Crippen LogP) is 0.982. The molecule has 0 radical (unpaired) electrons. The first-order chi connectivity index (χ1) is 10.5. The van der Waals surface area contributed by atoms with Crippen molar-refractivity contribution in [3.63, 3.8) is 0 Å². The first-order valence-corrected chi connectivity index (χ1v) is 7.58. The summed E-state index contributed by atoms with van der Waals surface area (Å²) in [5.74, 6) is -0.135. The molecule has 1 heterocycles. The summed E-state index contributed by atoms with van der Waals surface area (Å²) in [7, 11) is 1.70. The van der Waals surface area contributed by atoms with E-state index < -0.39 is 0 Å². The van der Waals surface area contributed by atoms with Crippen LogP contribution in [0.4, 0.5) is 4.79 Å². The number of likely N-dealkylation sites (N-methyl/N-ethyl adjacent to an activating group) is 1. The molecule has 0 spiro atoms. The van der Waals surface area contributed by atoms with Gasteiger partial charge in [0, 0.05) is 32.7 Å². The van der Waals surface area contributed by atoms with Crippen molar-refractivity contribution in [1.29, 1.82) is 0 Å². The molecule has 0 fully saturated rings. The fourth-order valence-electron chi connectivity index (χ4n) is 2.46. The topological polar surface area (TPSA) is 78.7 Å². The number of hydrogen-bond acceptors (Lipinski definition) is 3. The summed E-state index contributed by atoms with van der Waals surface area (Å²) in [6.45, 7) is 3.54. The summed E-state index contributed by atoms with van der Waals surface area (Å²) < 4.78 is 0. The molecule has 0 saturated carbocycles. The van der Waals surface area contributed by atoms with Crippen molar-refractivity contribution in [2.24, 2.45) is 5.73 Å². The third kappa shape index (κ3) is 4.84. The van der Waals surface area contributed by atoms with E-state index in [1.165, 1.54) is 11.1 Å². The monoisotopic (exact) mass is 340 g/mol. The number of nitrogens with two attached hydrogens (primary N) is 1. The Morgan fingerprint density at radius 3 is 2.65 bits per heavy atom. The highest BCUT2D eigenvalue weighted by Crippen LogP contribution is 2.18. The molecule has 1 aromatic carbocycles. The van der Waals surface area contributed by atoms with Gasteiger partial charge >= 0.3 is 6.03 Å². The highest BCUT2D eigenvalue weighted by molar-refractivity contribution is 5.85. The molecule has 1 aliphatic heterocycles. The smallest absolute Gasteiger partial charge is 0.318 e. The molecule has 0 saturated heterocycles. The minimum Gasteiger partial charge on any atom is -0.340 e. The van der Waals surface area contributed by atoms with Gasteiger partial charge in [0.25, 0.3) is 0 Å². The maximum atomic E-state index is 12.2. The number of carbonyl (C=O) groups is 2. The maximum absolute atomic E-state index is 12.2. The Bertz CT molecular complexity index is 553. The Hall–Kier alpha value is -1.79. The third-order valence-electron chi connectivity index (χ3n) is 4.20. The summed E-state index contributed by atoms with van der Waals surface area (Å²) >= 11 is 0. The van der Waals surface area contributed by atoms with E-state index in [1.807, 2.05) is 25.1 Å². The molecule has 7 heteroatoms. The minimum absolute atomic E-state index is 0. The number of benzene rings is 1. The van der Waals surface area contributed by atoms with Crippen LogP contribution in [0.3, 0.4) is 0 Å². The summed E-state index contributed by atoms with van der Waals surface area (Å²) in [4.78, 5) is 27.5. The molecule has 0 aromatic heterocycles. The molecular weight excluding hydrogens is 316 g/mol. The molecule has 1 aromatic rings. The average molecular weight is 341 g/mol. The zero-order valence-electron chi connectivity index (χ0n) is 13.6. The maximum Gasteiger partial charge on any atom is 0.318 e. The molecule has 0 bridgehead atoms. The molecule has 6 nitrogen and oxygen atoms in total.